The molecule has 0 unspecified atom stereocenters. The fraction of sp³-hybridized carbons (Fsp3) is 0.545. The number of hydrogen-bond donors (Lipinski definition) is 2. The Morgan fingerprint density at radius 3 is 2.12 bits per heavy atom. The Hall–Kier alpha value is -1.85. The lowest BCUT2D eigenvalue weighted by Crippen LogP contribution is -2.50. The molecule has 0 aliphatic heterocycles. The van der Waals surface area contributed by atoms with Gasteiger partial charge in [-0.05, 0) is 6.42 Å². The van der Waals surface area contributed by atoms with Crippen molar-refractivity contribution in [3.8, 4) is 0 Å². The average molecular weight is 244 g/mol. The Labute approximate surface area is 98.9 Å². The molecule has 0 heterocycles. The molecule has 0 bridgehead atoms. The average Bonchev–Trinajstić information content (AvgIpc) is 2.26. The summed E-state index contributed by atoms with van der Waals surface area (Å²) >= 11 is 0. The highest BCUT2D eigenvalue weighted by atomic mass is 16.6. The van der Waals surface area contributed by atoms with Gasteiger partial charge in [0.2, 0.25) is 0 Å². The van der Waals surface area contributed by atoms with Crippen LogP contribution >= 0.6 is 0 Å². The first kappa shape index (κ1) is 15.2. The van der Waals surface area contributed by atoms with Crippen molar-refractivity contribution in [3.05, 3.63) is 12.7 Å². The van der Waals surface area contributed by atoms with Crippen LogP contribution in [0.2, 0.25) is 0 Å². The van der Waals surface area contributed by atoms with Gasteiger partial charge in [-0.15, -0.1) is 0 Å². The third kappa shape index (κ3) is 3.90. The zero-order valence-electron chi connectivity index (χ0n) is 9.64. The van der Waals surface area contributed by atoms with Gasteiger partial charge >= 0.3 is 23.5 Å². The van der Waals surface area contributed by atoms with Crippen LogP contribution in [0.3, 0.4) is 0 Å². The van der Waals surface area contributed by atoms with Crippen LogP contribution in [-0.4, -0.2) is 33.7 Å². The number of esters is 1. The molecule has 0 aromatic carbocycles. The van der Waals surface area contributed by atoms with Crippen molar-refractivity contribution in [1.82, 2.24) is 0 Å². The van der Waals surface area contributed by atoms with Gasteiger partial charge in [0, 0.05) is 12.5 Å². The minimum Gasteiger partial charge on any atom is -0.478 e. The van der Waals surface area contributed by atoms with Crippen LogP contribution in [-0.2, 0) is 19.1 Å². The highest BCUT2D eigenvalue weighted by Gasteiger charge is 2.49. The number of aliphatic carboxylic acids is 2. The molecule has 0 atom stereocenters. The van der Waals surface area contributed by atoms with Gasteiger partial charge in [-0.1, -0.05) is 26.3 Å². The summed E-state index contributed by atoms with van der Waals surface area (Å²) in [6.07, 6.45) is 2.28. The first-order valence-corrected chi connectivity index (χ1v) is 5.23. The van der Waals surface area contributed by atoms with Crippen LogP contribution in [0.5, 0.6) is 0 Å². The number of carboxylic acids is 2. The van der Waals surface area contributed by atoms with Gasteiger partial charge in [0.05, 0.1) is 0 Å². The van der Waals surface area contributed by atoms with Gasteiger partial charge in [0.25, 0.3) is 0 Å². The van der Waals surface area contributed by atoms with Gasteiger partial charge in [-0.3, -0.25) is 0 Å². The van der Waals surface area contributed by atoms with Crippen LogP contribution in [0, 0.1) is 0 Å². The summed E-state index contributed by atoms with van der Waals surface area (Å²) < 4.78 is 4.50. The van der Waals surface area contributed by atoms with Crippen molar-refractivity contribution in [2.75, 3.05) is 0 Å². The Kier molecular flexibility index (Phi) is 5.95. The summed E-state index contributed by atoms with van der Waals surface area (Å²) in [6, 6.07) is 0. The molecular weight excluding hydrogens is 228 g/mol. The zero-order valence-corrected chi connectivity index (χ0v) is 9.64. The standard InChI is InChI=1S/C11H16O6/c1-3-5-6-7-11(9(13)14,10(15)16)17-8(12)4-2/h4H,2-3,5-7H2,1H3,(H,13,14)(H,15,16). The molecule has 0 fully saturated rings. The molecule has 0 aromatic heterocycles. The maximum atomic E-state index is 11.0. The third-order valence-electron chi connectivity index (χ3n) is 2.26. The zero-order chi connectivity index (χ0) is 13.5. The molecule has 0 saturated heterocycles. The van der Waals surface area contributed by atoms with Crippen LogP contribution in [0.15, 0.2) is 12.7 Å². The molecule has 17 heavy (non-hydrogen) atoms. The molecule has 0 saturated carbocycles. The van der Waals surface area contributed by atoms with Gasteiger partial charge in [-0.25, -0.2) is 14.4 Å². The number of unbranched alkanes of at least 4 members (excludes halogenated alkanes) is 2. The van der Waals surface area contributed by atoms with E-state index in [1.807, 2.05) is 6.92 Å². The monoisotopic (exact) mass is 244 g/mol. The topological polar surface area (TPSA) is 101 Å². The van der Waals surface area contributed by atoms with Crippen molar-refractivity contribution in [3.63, 3.8) is 0 Å². The lowest BCUT2D eigenvalue weighted by atomic mass is 9.96. The Balaban J connectivity index is 4.99. The van der Waals surface area contributed by atoms with Crippen molar-refractivity contribution < 1.29 is 29.3 Å². The van der Waals surface area contributed by atoms with Crippen LogP contribution in [0.25, 0.3) is 0 Å². The van der Waals surface area contributed by atoms with Crippen molar-refractivity contribution in [2.45, 2.75) is 38.2 Å². The van der Waals surface area contributed by atoms with E-state index < -0.39 is 23.5 Å². The molecule has 0 amide bonds. The predicted octanol–water partition coefficient (Wildman–Crippen LogP) is 1.20. The van der Waals surface area contributed by atoms with E-state index in [0.29, 0.717) is 12.8 Å². The Bertz CT molecular complexity index is 306. The molecule has 0 rings (SSSR count). The summed E-state index contributed by atoms with van der Waals surface area (Å²) in [5.41, 5.74) is -2.51. The van der Waals surface area contributed by atoms with E-state index in [4.69, 9.17) is 10.2 Å². The molecule has 6 nitrogen and oxygen atoms in total. The van der Waals surface area contributed by atoms with Crippen molar-refractivity contribution in [2.24, 2.45) is 0 Å². The number of ether oxygens (including phenoxy) is 1. The van der Waals surface area contributed by atoms with Crippen molar-refractivity contribution in [1.29, 1.82) is 0 Å². The molecule has 0 spiro atoms. The van der Waals surface area contributed by atoms with Gasteiger partial charge in [0.15, 0.2) is 0 Å². The maximum absolute atomic E-state index is 11.0. The summed E-state index contributed by atoms with van der Waals surface area (Å²) in [7, 11) is 0. The third-order valence-corrected chi connectivity index (χ3v) is 2.26. The number of hydrogen-bond acceptors (Lipinski definition) is 4. The summed E-state index contributed by atoms with van der Waals surface area (Å²) in [4.78, 5) is 33.0. The fourth-order valence-corrected chi connectivity index (χ4v) is 1.28. The number of carbonyl (C=O) groups excluding carboxylic acids is 1. The van der Waals surface area contributed by atoms with Crippen LogP contribution < -0.4 is 0 Å². The normalized spacial score (nSPS) is 10.6. The molecule has 96 valence electrons. The fourth-order valence-electron chi connectivity index (χ4n) is 1.28. The van der Waals surface area contributed by atoms with Crippen LogP contribution in [0.4, 0.5) is 0 Å². The van der Waals surface area contributed by atoms with E-state index in [0.717, 1.165) is 12.5 Å². The molecular formula is C11H16O6. The minimum absolute atomic E-state index is 0.259. The van der Waals surface area contributed by atoms with Gasteiger partial charge in [0.1, 0.15) is 0 Å². The summed E-state index contributed by atoms with van der Waals surface area (Å²) in [6.45, 7) is 4.99. The summed E-state index contributed by atoms with van der Waals surface area (Å²) in [5, 5.41) is 17.9. The largest absolute Gasteiger partial charge is 0.478 e. The lowest BCUT2D eigenvalue weighted by Gasteiger charge is -2.24. The lowest BCUT2D eigenvalue weighted by molar-refractivity contribution is -0.189. The molecule has 0 aromatic rings. The molecule has 0 aliphatic rings. The van der Waals surface area contributed by atoms with E-state index in [1.54, 1.807) is 0 Å². The molecule has 0 aliphatic carbocycles. The first-order chi connectivity index (χ1) is 7.90. The number of carbonyl (C=O) groups is 3. The van der Waals surface area contributed by atoms with Gasteiger partial charge in [-0.2, -0.15) is 0 Å². The SMILES string of the molecule is C=CC(=O)OC(CCCCC)(C(=O)O)C(=O)O. The predicted molar refractivity (Wildman–Crippen MR) is 58.4 cm³/mol. The van der Waals surface area contributed by atoms with Gasteiger partial charge < -0.3 is 14.9 Å². The minimum atomic E-state index is -2.51. The second-order valence-electron chi connectivity index (χ2n) is 3.52. The Morgan fingerprint density at radius 2 is 1.76 bits per heavy atom. The second-order valence-corrected chi connectivity index (χ2v) is 3.52. The summed E-state index contributed by atoms with van der Waals surface area (Å²) in [5.74, 6) is -4.43. The van der Waals surface area contributed by atoms with E-state index in [-0.39, 0.29) is 6.42 Å². The van der Waals surface area contributed by atoms with Crippen molar-refractivity contribution >= 4 is 17.9 Å². The number of carboxylic acid groups (broad SMARTS) is 2. The molecule has 0 radical (unpaired) electrons. The smallest absolute Gasteiger partial charge is 0.360 e. The Morgan fingerprint density at radius 1 is 1.24 bits per heavy atom. The quantitative estimate of drug-likeness (QED) is 0.288. The second kappa shape index (κ2) is 6.67. The highest BCUT2D eigenvalue weighted by molar-refractivity contribution is 6.04. The van der Waals surface area contributed by atoms with E-state index in [1.165, 1.54) is 0 Å². The molecule has 6 heteroatoms. The van der Waals surface area contributed by atoms with Crippen LogP contribution in [0.1, 0.15) is 32.6 Å². The van der Waals surface area contributed by atoms with E-state index in [9.17, 15) is 14.4 Å². The first-order valence-electron chi connectivity index (χ1n) is 5.23. The van der Waals surface area contributed by atoms with E-state index >= 15 is 0 Å². The number of rotatable bonds is 8. The maximum Gasteiger partial charge on any atom is 0.360 e. The van der Waals surface area contributed by atoms with E-state index in [2.05, 4.69) is 11.3 Å². The highest BCUT2D eigenvalue weighted by Crippen LogP contribution is 2.21. The molecule has 2 N–H and O–H groups in total.